The van der Waals surface area contributed by atoms with Crippen LogP contribution in [0.1, 0.15) is 62.8 Å². The van der Waals surface area contributed by atoms with Crippen LogP contribution in [0.15, 0.2) is 24.3 Å². The molecule has 0 saturated heterocycles. The van der Waals surface area contributed by atoms with E-state index >= 15 is 0 Å². The Morgan fingerprint density at radius 2 is 1.93 bits per heavy atom. The summed E-state index contributed by atoms with van der Waals surface area (Å²) in [6.45, 7) is 0.639. The summed E-state index contributed by atoms with van der Waals surface area (Å²) >= 11 is 0. The molecule has 28 heavy (non-hydrogen) atoms. The van der Waals surface area contributed by atoms with Gasteiger partial charge in [0.25, 0.3) is 11.8 Å². The minimum atomic E-state index is -0.537. The monoisotopic (exact) mass is 382 g/mol. The topological polar surface area (TPSA) is 102 Å². The van der Waals surface area contributed by atoms with Gasteiger partial charge in [0.15, 0.2) is 5.82 Å². The number of hydrogen-bond acceptors (Lipinski definition) is 5. The van der Waals surface area contributed by atoms with Crippen molar-refractivity contribution in [2.24, 2.45) is 0 Å². The number of ether oxygens (including phenoxy) is 1. The van der Waals surface area contributed by atoms with Crippen molar-refractivity contribution < 1.29 is 19.1 Å². The Morgan fingerprint density at radius 3 is 2.68 bits per heavy atom. The highest BCUT2D eigenvalue weighted by molar-refractivity contribution is 6.07. The fraction of sp³-hybridized carbons (Fsp3) is 0.400. The minimum absolute atomic E-state index is 0.190. The van der Waals surface area contributed by atoms with Crippen LogP contribution in [0.3, 0.4) is 0 Å². The van der Waals surface area contributed by atoms with Crippen LogP contribution in [0.2, 0.25) is 0 Å². The van der Waals surface area contributed by atoms with Gasteiger partial charge in [0, 0.05) is 12.6 Å². The predicted octanol–water partition coefficient (Wildman–Crippen LogP) is 2.15. The van der Waals surface area contributed by atoms with Crippen LogP contribution in [0.5, 0.6) is 0 Å². The van der Waals surface area contributed by atoms with Gasteiger partial charge in [-0.1, -0.05) is 12.1 Å². The number of hydrogen-bond donors (Lipinski definition) is 2. The number of imidazole rings is 1. The average molecular weight is 382 g/mol. The first-order chi connectivity index (χ1) is 13.6. The van der Waals surface area contributed by atoms with Crippen molar-refractivity contribution in [2.45, 2.75) is 44.7 Å². The molecule has 146 valence electrons. The van der Waals surface area contributed by atoms with Gasteiger partial charge in [-0.05, 0) is 44.2 Å². The molecule has 1 aromatic carbocycles. The summed E-state index contributed by atoms with van der Waals surface area (Å²) in [5, 5.41) is 5.69. The Hall–Kier alpha value is -3.16. The number of anilines is 1. The van der Waals surface area contributed by atoms with E-state index in [0.29, 0.717) is 24.3 Å². The summed E-state index contributed by atoms with van der Waals surface area (Å²) in [5.74, 6) is -1.02. The van der Waals surface area contributed by atoms with Crippen LogP contribution in [0, 0.1) is 0 Å². The van der Waals surface area contributed by atoms with Gasteiger partial charge in [-0.15, -0.1) is 0 Å². The molecule has 0 spiro atoms. The molecule has 8 heteroatoms. The molecule has 2 N–H and O–H groups in total. The van der Waals surface area contributed by atoms with Gasteiger partial charge in [0.05, 0.1) is 24.1 Å². The third kappa shape index (κ3) is 3.49. The van der Waals surface area contributed by atoms with Crippen molar-refractivity contribution in [2.75, 3.05) is 12.4 Å². The number of benzene rings is 1. The maximum absolute atomic E-state index is 12.9. The average Bonchev–Trinajstić information content (AvgIpc) is 3.44. The molecule has 4 rings (SSSR count). The van der Waals surface area contributed by atoms with Crippen molar-refractivity contribution in [3.63, 3.8) is 0 Å². The first-order valence-electron chi connectivity index (χ1n) is 9.47. The summed E-state index contributed by atoms with van der Waals surface area (Å²) in [4.78, 5) is 41.8. The van der Waals surface area contributed by atoms with E-state index in [9.17, 15) is 14.4 Å². The SMILES string of the molecule is COC(=O)c1ccccc1NC(=O)c1nc(C(=O)NC2CC2)c2n1CCCC2. The number of para-hydroxylation sites is 1. The number of fused-ring (bicyclic) bond motifs is 1. The number of rotatable bonds is 5. The van der Waals surface area contributed by atoms with Crippen LogP contribution in [-0.2, 0) is 17.7 Å². The van der Waals surface area contributed by atoms with Crippen LogP contribution in [0.4, 0.5) is 5.69 Å². The zero-order valence-electron chi connectivity index (χ0n) is 15.7. The van der Waals surface area contributed by atoms with Crippen LogP contribution in [-0.4, -0.2) is 40.5 Å². The fourth-order valence-electron chi connectivity index (χ4n) is 3.44. The van der Waals surface area contributed by atoms with Gasteiger partial charge in [-0.2, -0.15) is 0 Å². The van der Waals surface area contributed by atoms with E-state index in [1.54, 1.807) is 24.3 Å². The Morgan fingerprint density at radius 1 is 1.14 bits per heavy atom. The summed E-state index contributed by atoms with van der Waals surface area (Å²) < 4.78 is 6.59. The Kier molecular flexibility index (Phi) is 4.85. The van der Waals surface area contributed by atoms with E-state index < -0.39 is 11.9 Å². The Balaban J connectivity index is 1.64. The summed E-state index contributed by atoms with van der Waals surface area (Å²) in [6.07, 6.45) is 4.57. The molecule has 0 unspecified atom stereocenters. The van der Waals surface area contributed by atoms with E-state index in [0.717, 1.165) is 31.4 Å². The molecule has 2 amide bonds. The van der Waals surface area contributed by atoms with Crippen molar-refractivity contribution in [1.29, 1.82) is 0 Å². The highest BCUT2D eigenvalue weighted by Gasteiger charge is 2.31. The zero-order chi connectivity index (χ0) is 19.7. The number of amides is 2. The largest absolute Gasteiger partial charge is 0.465 e. The van der Waals surface area contributed by atoms with Crippen molar-refractivity contribution in [3.8, 4) is 0 Å². The highest BCUT2D eigenvalue weighted by atomic mass is 16.5. The van der Waals surface area contributed by atoms with Gasteiger partial charge in [-0.25, -0.2) is 9.78 Å². The summed E-state index contributed by atoms with van der Waals surface area (Å²) in [7, 11) is 1.29. The third-order valence-corrected chi connectivity index (χ3v) is 5.03. The van der Waals surface area contributed by atoms with E-state index in [2.05, 4.69) is 15.6 Å². The summed E-state index contributed by atoms with van der Waals surface area (Å²) in [5.41, 5.74) is 1.74. The normalized spacial score (nSPS) is 15.5. The maximum Gasteiger partial charge on any atom is 0.339 e. The molecule has 2 heterocycles. The number of aromatic nitrogens is 2. The molecular formula is C20H22N4O4. The molecule has 0 bridgehead atoms. The quantitative estimate of drug-likeness (QED) is 0.772. The lowest BCUT2D eigenvalue weighted by atomic mass is 10.1. The molecule has 2 aliphatic rings. The first-order valence-corrected chi connectivity index (χ1v) is 9.47. The van der Waals surface area contributed by atoms with E-state index in [1.807, 2.05) is 4.57 Å². The lowest BCUT2D eigenvalue weighted by Crippen LogP contribution is -2.27. The van der Waals surface area contributed by atoms with Gasteiger partial charge < -0.3 is 19.9 Å². The lowest BCUT2D eigenvalue weighted by Gasteiger charge is -2.17. The van der Waals surface area contributed by atoms with Crippen molar-refractivity contribution >= 4 is 23.5 Å². The maximum atomic E-state index is 12.9. The molecule has 1 saturated carbocycles. The van der Waals surface area contributed by atoms with Crippen LogP contribution < -0.4 is 10.6 Å². The Labute approximate surface area is 162 Å². The van der Waals surface area contributed by atoms with E-state index in [-0.39, 0.29) is 23.3 Å². The fourth-order valence-corrected chi connectivity index (χ4v) is 3.44. The number of nitrogens with one attached hydrogen (secondary N) is 2. The Bertz CT molecular complexity index is 946. The number of esters is 1. The molecule has 1 fully saturated rings. The number of nitrogens with zero attached hydrogens (tertiary/aromatic N) is 2. The second-order valence-electron chi connectivity index (χ2n) is 7.08. The number of carbonyl (C=O) groups excluding carboxylic acids is 3. The molecule has 1 aliphatic carbocycles. The molecule has 1 aromatic heterocycles. The van der Waals surface area contributed by atoms with Gasteiger partial charge in [-0.3, -0.25) is 9.59 Å². The third-order valence-electron chi connectivity index (χ3n) is 5.03. The van der Waals surface area contributed by atoms with Gasteiger partial charge >= 0.3 is 5.97 Å². The predicted molar refractivity (Wildman–Crippen MR) is 101 cm³/mol. The standard InChI is InChI=1S/C20H22N4O4/c1-28-20(27)13-6-2-3-7-14(13)22-19(26)17-23-16(18(25)21-12-9-10-12)15-8-4-5-11-24(15)17/h2-3,6-7,12H,4-5,8-11H2,1H3,(H,21,25)(H,22,26). The van der Waals surface area contributed by atoms with Gasteiger partial charge in [0.2, 0.25) is 0 Å². The second kappa shape index (κ2) is 7.46. The molecule has 8 nitrogen and oxygen atoms in total. The first kappa shape index (κ1) is 18.2. The summed E-state index contributed by atoms with van der Waals surface area (Å²) in [6, 6.07) is 6.84. The second-order valence-corrected chi connectivity index (χ2v) is 7.08. The molecule has 0 atom stereocenters. The van der Waals surface area contributed by atoms with Crippen molar-refractivity contribution in [1.82, 2.24) is 14.9 Å². The van der Waals surface area contributed by atoms with Crippen LogP contribution in [0.25, 0.3) is 0 Å². The lowest BCUT2D eigenvalue weighted by molar-refractivity contribution is 0.0601. The number of carbonyl (C=O) groups is 3. The zero-order valence-corrected chi connectivity index (χ0v) is 15.7. The van der Waals surface area contributed by atoms with Crippen LogP contribution >= 0.6 is 0 Å². The molecular weight excluding hydrogens is 360 g/mol. The number of methoxy groups -OCH3 is 1. The highest BCUT2D eigenvalue weighted by Crippen LogP contribution is 2.25. The molecule has 0 radical (unpaired) electrons. The molecule has 1 aliphatic heterocycles. The van der Waals surface area contributed by atoms with E-state index in [4.69, 9.17) is 4.74 Å². The molecule has 2 aromatic rings. The van der Waals surface area contributed by atoms with Gasteiger partial charge in [0.1, 0.15) is 5.69 Å². The van der Waals surface area contributed by atoms with E-state index in [1.165, 1.54) is 7.11 Å². The van der Waals surface area contributed by atoms with Crippen molar-refractivity contribution in [3.05, 3.63) is 47.0 Å². The smallest absolute Gasteiger partial charge is 0.339 e. The minimum Gasteiger partial charge on any atom is -0.465 e.